The van der Waals surface area contributed by atoms with Crippen LogP contribution in [0.5, 0.6) is 11.5 Å². The average Bonchev–Trinajstić information content (AvgIpc) is 2.93. The Hall–Kier alpha value is -4.00. The molecule has 0 bridgehead atoms. The number of nitrogens with one attached hydrogen (secondary N) is 1. The van der Waals surface area contributed by atoms with Crippen molar-refractivity contribution in [2.24, 2.45) is 0 Å². The van der Waals surface area contributed by atoms with Crippen molar-refractivity contribution in [2.75, 3.05) is 30.6 Å². The van der Waals surface area contributed by atoms with E-state index in [1.807, 2.05) is 42.5 Å². The molecular formula is C31H35N3O5S. The van der Waals surface area contributed by atoms with Crippen molar-refractivity contribution in [3.63, 3.8) is 0 Å². The van der Waals surface area contributed by atoms with Gasteiger partial charge in [0.15, 0.2) is 0 Å². The van der Waals surface area contributed by atoms with Crippen LogP contribution < -0.4 is 9.46 Å². The van der Waals surface area contributed by atoms with Crippen LogP contribution in [0.1, 0.15) is 30.4 Å². The molecule has 4 rings (SSSR count). The van der Waals surface area contributed by atoms with Gasteiger partial charge in [-0.1, -0.05) is 48.4 Å². The van der Waals surface area contributed by atoms with Crippen LogP contribution in [-0.4, -0.2) is 61.3 Å². The number of ether oxygens (including phenoxy) is 1. The first kappa shape index (κ1) is 29.0. The maximum atomic E-state index is 11.9. The molecule has 9 heteroatoms. The zero-order valence-electron chi connectivity index (χ0n) is 22.6. The Morgan fingerprint density at radius 3 is 2.17 bits per heavy atom. The molecular weight excluding hydrogens is 526 g/mol. The van der Waals surface area contributed by atoms with Crippen LogP contribution >= 0.6 is 0 Å². The molecule has 2 N–H and O–H groups in total. The number of carbonyl (C=O) groups is 1. The zero-order chi connectivity index (χ0) is 28.4. The van der Waals surface area contributed by atoms with Crippen molar-refractivity contribution in [1.29, 1.82) is 0 Å². The number of hydrogen-bond acceptors (Lipinski definition) is 5. The summed E-state index contributed by atoms with van der Waals surface area (Å²) in [6.45, 7) is 2.67. The molecule has 0 atom stereocenters. The maximum Gasteiger partial charge on any atom is 0.408 e. The second kappa shape index (κ2) is 13.9. The number of hydrogen-bond donors (Lipinski definition) is 2. The molecule has 210 valence electrons. The van der Waals surface area contributed by atoms with Gasteiger partial charge in [-0.05, 0) is 66.8 Å². The van der Waals surface area contributed by atoms with Crippen molar-refractivity contribution >= 4 is 21.8 Å². The largest absolute Gasteiger partial charge is 0.465 e. The summed E-state index contributed by atoms with van der Waals surface area (Å²) in [5.74, 6) is 7.49. The summed E-state index contributed by atoms with van der Waals surface area (Å²) < 4.78 is 31.0. The standard InChI is InChI=1S/C31H35N3O5S/c1-40(37,38)32-27-13-17-30(18-14-27)39-29-15-11-26(12-16-29)24-33-22-19-28(20-23-33)34(31(35)36)21-7-3-6-10-25-8-4-2-5-9-25/h2,4-5,8-9,11-18,28,32H,6,10,19-24H2,1H3,(H,35,36). The Balaban J connectivity index is 1.21. The van der Waals surface area contributed by atoms with E-state index in [1.54, 1.807) is 24.3 Å². The number of amides is 1. The minimum Gasteiger partial charge on any atom is -0.465 e. The Morgan fingerprint density at radius 2 is 1.57 bits per heavy atom. The summed E-state index contributed by atoms with van der Waals surface area (Å²) in [6.07, 6.45) is 3.34. The van der Waals surface area contributed by atoms with Gasteiger partial charge in [-0.15, -0.1) is 5.92 Å². The number of sulfonamides is 1. The van der Waals surface area contributed by atoms with Gasteiger partial charge in [-0.3, -0.25) is 14.5 Å². The van der Waals surface area contributed by atoms with Gasteiger partial charge in [0.05, 0.1) is 12.8 Å². The lowest BCUT2D eigenvalue weighted by Crippen LogP contribution is -2.46. The summed E-state index contributed by atoms with van der Waals surface area (Å²) in [6, 6.07) is 24.7. The van der Waals surface area contributed by atoms with E-state index >= 15 is 0 Å². The molecule has 1 aliphatic heterocycles. The van der Waals surface area contributed by atoms with E-state index in [0.717, 1.165) is 57.1 Å². The van der Waals surface area contributed by atoms with Crippen molar-refractivity contribution in [3.8, 4) is 23.3 Å². The van der Waals surface area contributed by atoms with Gasteiger partial charge in [0.2, 0.25) is 10.0 Å². The third-order valence-electron chi connectivity index (χ3n) is 6.72. The minimum absolute atomic E-state index is 0.0213. The molecule has 40 heavy (non-hydrogen) atoms. The van der Waals surface area contributed by atoms with E-state index < -0.39 is 16.1 Å². The average molecular weight is 562 g/mol. The molecule has 1 amide bonds. The van der Waals surface area contributed by atoms with Crippen LogP contribution in [0.2, 0.25) is 0 Å². The molecule has 0 radical (unpaired) electrons. The Bertz CT molecular complexity index is 1410. The van der Waals surface area contributed by atoms with E-state index in [4.69, 9.17) is 4.74 Å². The fraction of sp³-hybridized carbons (Fsp3) is 0.323. The number of carboxylic acid groups (broad SMARTS) is 1. The smallest absolute Gasteiger partial charge is 0.408 e. The van der Waals surface area contributed by atoms with E-state index in [-0.39, 0.29) is 12.6 Å². The molecule has 0 aliphatic carbocycles. The van der Waals surface area contributed by atoms with Gasteiger partial charge >= 0.3 is 6.09 Å². The fourth-order valence-corrected chi connectivity index (χ4v) is 5.25. The SMILES string of the molecule is CS(=O)(=O)Nc1ccc(Oc2ccc(CN3CCC(N(CC#CCCc4ccccc4)C(=O)O)CC3)cc2)cc1. The molecule has 1 heterocycles. The fourth-order valence-electron chi connectivity index (χ4n) is 4.69. The van der Waals surface area contributed by atoms with Gasteiger partial charge in [0.25, 0.3) is 0 Å². The number of benzene rings is 3. The molecule has 3 aromatic carbocycles. The van der Waals surface area contributed by atoms with Gasteiger partial charge in [-0.2, -0.15) is 0 Å². The van der Waals surface area contributed by atoms with Crippen LogP contribution in [0.4, 0.5) is 10.5 Å². The topological polar surface area (TPSA) is 99.2 Å². The zero-order valence-corrected chi connectivity index (χ0v) is 23.4. The van der Waals surface area contributed by atoms with Crippen LogP contribution in [0, 0.1) is 11.8 Å². The van der Waals surface area contributed by atoms with E-state index in [9.17, 15) is 18.3 Å². The Kier molecular flexibility index (Phi) is 10.1. The number of rotatable bonds is 10. The first-order valence-electron chi connectivity index (χ1n) is 13.3. The van der Waals surface area contributed by atoms with Crippen LogP contribution in [-0.2, 0) is 23.0 Å². The Labute approximate surface area is 236 Å². The van der Waals surface area contributed by atoms with E-state index in [2.05, 4.69) is 33.6 Å². The third kappa shape index (κ3) is 9.33. The summed E-state index contributed by atoms with van der Waals surface area (Å²) in [5.41, 5.74) is 2.86. The highest BCUT2D eigenvalue weighted by Crippen LogP contribution is 2.25. The van der Waals surface area contributed by atoms with E-state index in [1.165, 1.54) is 10.5 Å². The molecule has 0 unspecified atom stereocenters. The van der Waals surface area contributed by atoms with E-state index in [0.29, 0.717) is 17.2 Å². The van der Waals surface area contributed by atoms with Gasteiger partial charge in [-0.25, -0.2) is 13.2 Å². The molecule has 8 nitrogen and oxygen atoms in total. The van der Waals surface area contributed by atoms with Gasteiger partial charge < -0.3 is 9.84 Å². The van der Waals surface area contributed by atoms with Gasteiger partial charge in [0, 0.05) is 37.8 Å². The highest BCUT2D eigenvalue weighted by molar-refractivity contribution is 7.92. The monoisotopic (exact) mass is 561 g/mol. The van der Waals surface area contributed by atoms with Crippen molar-refractivity contribution in [3.05, 3.63) is 90.0 Å². The number of aryl methyl sites for hydroxylation is 1. The highest BCUT2D eigenvalue weighted by atomic mass is 32.2. The lowest BCUT2D eigenvalue weighted by atomic mass is 10.0. The number of anilines is 1. The molecule has 1 aliphatic rings. The summed E-state index contributed by atoms with van der Waals surface area (Å²) in [4.78, 5) is 15.7. The van der Waals surface area contributed by atoms with Crippen molar-refractivity contribution < 1.29 is 23.1 Å². The van der Waals surface area contributed by atoms with Crippen molar-refractivity contribution in [1.82, 2.24) is 9.80 Å². The normalized spacial score (nSPS) is 14.1. The van der Waals surface area contributed by atoms with Crippen LogP contribution in [0.15, 0.2) is 78.9 Å². The molecule has 1 saturated heterocycles. The quantitative estimate of drug-likeness (QED) is 0.320. The number of piperidine rings is 1. The first-order chi connectivity index (χ1) is 19.2. The predicted molar refractivity (Wildman–Crippen MR) is 157 cm³/mol. The molecule has 3 aromatic rings. The molecule has 0 spiro atoms. The molecule has 0 aromatic heterocycles. The summed E-state index contributed by atoms with van der Waals surface area (Å²) >= 11 is 0. The highest BCUT2D eigenvalue weighted by Gasteiger charge is 2.27. The predicted octanol–water partition coefficient (Wildman–Crippen LogP) is 5.43. The van der Waals surface area contributed by atoms with Gasteiger partial charge in [0.1, 0.15) is 11.5 Å². The second-order valence-corrected chi connectivity index (χ2v) is 11.7. The minimum atomic E-state index is -3.32. The Morgan fingerprint density at radius 1 is 0.950 bits per heavy atom. The maximum absolute atomic E-state index is 11.9. The first-order valence-corrected chi connectivity index (χ1v) is 15.2. The second-order valence-electron chi connectivity index (χ2n) is 9.90. The number of likely N-dealkylation sites (tertiary alicyclic amines) is 1. The third-order valence-corrected chi connectivity index (χ3v) is 7.33. The number of nitrogens with zero attached hydrogens (tertiary/aromatic N) is 2. The van der Waals surface area contributed by atoms with Crippen molar-refractivity contribution in [2.45, 2.75) is 38.3 Å². The summed E-state index contributed by atoms with van der Waals surface area (Å²) in [5, 5.41) is 9.76. The van der Waals surface area contributed by atoms with Crippen LogP contribution in [0.3, 0.4) is 0 Å². The molecule has 0 saturated carbocycles. The molecule has 1 fully saturated rings. The summed E-state index contributed by atoms with van der Waals surface area (Å²) in [7, 11) is -3.32. The van der Waals surface area contributed by atoms with Crippen LogP contribution in [0.25, 0.3) is 0 Å². The lowest BCUT2D eigenvalue weighted by molar-refractivity contribution is 0.0961. The lowest BCUT2D eigenvalue weighted by Gasteiger charge is -2.36.